The van der Waals surface area contributed by atoms with Gasteiger partial charge in [-0.2, -0.15) is 0 Å². The second-order valence-corrected chi connectivity index (χ2v) is 6.82. The van der Waals surface area contributed by atoms with Gasteiger partial charge in [-0.3, -0.25) is 0 Å². The zero-order chi connectivity index (χ0) is 23.6. The molecule has 0 aromatic carbocycles. The van der Waals surface area contributed by atoms with Crippen molar-refractivity contribution in [2.45, 2.75) is 52.4 Å². The summed E-state index contributed by atoms with van der Waals surface area (Å²) in [4.78, 5) is 11.7. The Morgan fingerprint density at radius 2 is 1.70 bits per heavy atom. The smallest absolute Gasteiger partial charge is 0.407 e. The summed E-state index contributed by atoms with van der Waals surface area (Å²) in [6, 6.07) is 0. The van der Waals surface area contributed by atoms with Gasteiger partial charge in [0.2, 0.25) is 0 Å². The minimum absolute atomic E-state index is 0.279. The molecule has 1 amide bonds. The van der Waals surface area contributed by atoms with E-state index in [4.69, 9.17) is 16.9 Å². The number of carbonyl (C=O) groups is 1. The van der Waals surface area contributed by atoms with Crippen LogP contribution in [0.2, 0.25) is 0 Å². The molecule has 4 N–H and O–H groups in total. The van der Waals surface area contributed by atoms with Crippen LogP contribution in [-0.4, -0.2) is 42.4 Å². The molecule has 2 rings (SSSR count). The molecule has 2 aliphatic rings. The monoisotopic (exact) mass is 535 g/mol. The SMILES string of the molecule is CCCCN.CCCCNC(=O)OCC1C=CC=CC1.OCC1C=CC=CC1.[2H]CI. The molecule has 0 saturated carbocycles. The summed E-state index contributed by atoms with van der Waals surface area (Å²) in [7, 11) is 0. The Kier molecular flexibility index (Phi) is 24.9. The Balaban J connectivity index is 0. The molecular formula is C24H43IN2O3. The number of allylic oxidation sites excluding steroid dienone is 6. The quantitative estimate of drug-likeness (QED) is 0.216. The number of nitrogens with two attached hydrogens (primary N) is 1. The summed E-state index contributed by atoms with van der Waals surface area (Å²) in [5.41, 5.74) is 5.14. The van der Waals surface area contributed by atoms with Gasteiger partial charge in [0.05, 0.1) is 6.61 Å². The predicted molar refractivity (Wildman–Crippen MR) is 138 cm³/mol. The van der Waals surface area contributed by atoms with Crippen molar-refractivity contribution in [3.05, 3.63) is 48.6 Å². The molecule has 0 fully saturated rings. The first kappa shape index (κ1) is 28.9. The van der Waals surface area contributed by atoms with Crippen LogP contribution in [0.25, 0.3) is 0 Å². The van der Waals surface area contributed by atoms with Gasteiger partial charge in [-0.1, -0.05) is 97.9 Å². The van der Waals surface area contributed by atoms with E-state index in [0.717, 1.165) is 32.2 Å². The number of aliphatic hydroxyl groups is 1. The maximum absolute atomic E-state index is 11.2. The molecule has 0 aromatic rings. The Hall–Kier alpha value is -1.12. The van der Waals surface area contributed by atoms with E-state index in [1.165, 1.54) is 12.8 Å². The van der Waals surface area contributed by atoms with Crippen LogP contribution < -0.4 is 11.1 Å². The number of alkyl carbamates (subject to hydrolysis) is 1. The second-order valence-electron chi connectivity index (χ2n) is 6.82. The van der Waals surface area contributed by atoms with E-state index in [2.05, 4.69) is 37.4 Å². The molecule has 174 valence electrons. The number of nitrogens with one attached hydrogen (secondary N) is 1. The fourth-order valence-corrected chi connectivity index (χ4v) is 2.33. The Morgan fingerprint density at radius 3 is 2.07 bits per heavy atom. The fraction of sp³-hybridized carbons (Fsp3) is 0.625. The molecule has 5 nitrogen and oxygen atoms in total. The van der Waals surface area contributed by atoms with Gasteiger partial charge in [0.1, 0.15) is 0 Å². The highest BCUT2D eigenvalue weighted by Crippen LogP contribution is 2.11. The van der Waals surface area contributed by atoms with E-state index in [1.807, 2.05) is 53.0 Å². The van der Waals surface area contributed by atoms with Crippen molar-refractivity contribution in [2.24, 2.45) is 17.6 Å². The standard InChI is InChI=1S/C12H19NO2.C7H10O.C4H11N.CH3I/c1-2-3-9-13-12(14)15-10-11-7-5-4-6-8-11;8-6-7-4-2-1-3-5-7;1-2-3-4-5;1-2/h4-7,11H,2-3,8-10H2,1H3,(H,13,14);1-4,7-8H,5-6H2;2-5H2,1H3;1H3/i;;;1D. The number of hydrogen-bond acceptors (Lipinski definition) is 4. The van der Waals surface area contributed by atoms with E-state index in [1.54, 1.807) is 0 Å². The molecule has 0 saturated heterocycles. The van der Waals surface area contributed by atoms with Gasteiger partial charge < -0.3 is 20.9 Å². The lowest BCUT2D eigenvalue weighted by Crippen LogP contribution is -2.27. The molecule has 0 bridgehead atoms. The normalized spacial score (nSPS) is 18.5. The third-order valence-corrected chi connectivity index (χ3v) is 4.16. The molecule has 0 aromatic heterocycles. The molecule has 0 radical (unpaired) electrons. The van der Waals surface area contributed by atoms with E-state index < -0.39 is 0 Å². The van der Waals surface area contributed by atoms with Gasteiger partial charge in [-0.05, 0) is 37.1 Å². The third-order valence-electron chi connectivity index (χ3n) is 4.16. The number of amides is 1. The zero-order valence-electron chi connectivity index (χ0n) is 19.8. The number of unbranched alkanes of at least 4 members (excludes halogenated alkanes) is 2. The van der Waals surface area contributed by atoms with Crippen molar-refractivity contribution in [3.8, 4) is 0 Å². The molecular weight excluding hydrogens is 491 g/mol. The van der Waals surface area contributed by atoms with Gasteiger partial charge in [-0.25, -0.2) is 4.79 Å². The largest absolute Gasteiger partial charge is 0.449 e. The Labute approximate surface area is 199 Å². The average molecular weight is 536 g/mol. The van der Waals surface area contributed by atoms with E-state index in [0.29, 0.717) is 29.9 Å². The van der Waals surface area contributed by atoms with Crippen LogP contribution in [0.1, 0.15) is 53.7 Å². The number of halogens is 1. The van der Waals surface area contributed by atoms with Crippen molar-refractivity contribution in [1.29, 1.82) is 0 Å². The number of aliphatic hydroxyl groups excluding tert-OH is 1. The molecule has 0 aliphatic heterocycles. The van der Waals surface area contributed by atoms with Crippen LogP contribution in [0, 0.1) is 11.8 Å². The lowest BCUT2D eigenvalue weighted by molar-refractivity contribution is 0.134. The second kappa shape index (κ2) is 25.9. The average Bonchev–Trinajstić information content (AvgIpc) is 2.81. The summed E-state index contributed by atoms with van der Waals surface area (Å²) in [6.45, 7) is 6.52. The highest BCUT2D eigenvalue weighted by Gasteiger charge is 2.08. The van der Waals surface area contributed by atoms with E-state index >= 15 is 0 Å². The molecule has 0 spiro atoms. The van der Waals surface area contributed by atoms with Crippen LogP contribution in [0.3, 0.4) is 0 Å². The summed E-state index contributed by atoms with van der Waals surface area (Å²) in [6.07, 6.45) is 22.4. The third kappa shape index (κ3) is 21.6. The number of rotatable bonds is 8. The van der Waals surface area contributed by atoms with Gasteiger partial charge in [0.25, 0.3) is 0 Å². The number of ether oxygens (including phenoxy) is 1. The summed E-state index contributed by atoms with van der Waals surface area (Å²) in [5, 5.41) is 11.3. The zero-order valence-corrected chi connectivity index (χ0v) is 20.9. The van der Waals surface area contributed by atoms with Crippen molar-refractivity contribution < 1.29 is 16.0 Å². The van der Waals surface area contributed by atoms with Crippen LogP contribution in [0.5, 0.6) is 0 Å². The molecule has 2 atom stereocenters. The van der Waals surface area contributed by atoms with Crippen LogP contribution in [-0.2, 0) is 4.74 Å². The van der Waals surface area contributed by atoms with Crippen molar-refractivity contribution >= 4 is 28.7 Å². The van der Waals surface area contributed by atoms with Crippen molar-refractivity contribution in [2.75, 3.05) is 31.2 Å². The summed E-state index contributed by atoms with van der Waals surface area (Å²) in [5.74, 6) is 0.715. The number of hydrogen-bond donors (Lipinski definition) is 3. The fourth-order valence-electron chi connectivity index (χ4n) is 2.33. The molecule has 0 heterocycles. The van der Waals surface area contributed by atoms with E-state index in [-0.39, 0.29) is 12.7 Å². The molecule has 30 heavy (non-hydrogen) atoms. The van der Waals surface area contributed by atoms with Gasteiger partial charge >= 0.3 is 6.09 Å². The van der Waals surface area contributed by atoms with Crippen LogP contribution in [0.15, 0.2) is 48.6 Å². The van der Waals surface area contributed by atoms with Crippen molar-refractivity contribution in [1.82, 2.24) is 5.32 Å². The van der Waals surface area contributed by atoms with Gasteiger partial charge in [-0.15, -0.1) is 0 Å². The first-order valence-corrected chi connectivity index (χ1v) is 12.3. The lowest BCUT2D eigenvalue weighted by Gasteiger charge is -2.13. The first-order valence-electron chi connectivity index (χ1n) is 11.5. The molecule has 2 aliphatic carbocycles. The molecule has 6 heteroatoms. The predicted octanol–water partition coefficient (Wildman–Crippen LogP) is 5.55. The number of alkyl halides is 1. The molecule has 2 unspecified atom stereocenters. The lowest BCUT2D eigenvalue weighted by atomic mass is 10.0. The van der Waals surface area contributed by atoms with Crippen molar-refractivity contribution in [3.63, 3.8) is 0 Å². The van der Waals surface area contributed by atoms with Gasteiger partial charge in [0, 0.05) is 26.4 Å². The maximum Gasteiger partial charge on any atom is 0.407 e. The summed E-state index contributed by atoms with van der Waals surface area (Å²) >= 11 is 1.96. The topological polar surface area (TPSA) is 84.6 Å². The highest BCUT2D eigenvalue weighted by molar-refractivity contribution is 14.1. The van der Waals surface area contributed by atoms with Gasteiger partial charge in [0.15, 0.2) is 0 Å². The highest BCUT2D eigenvalue weighted by atomic mass is 127. The minimum atomic E-state index is -0.300. The van der Waals surface area contributed by atoms with Crippen LogP contribution >= 0.6 is 22.6 Å². The Morgan fingerprint density at radius 1 is 1.13 bits per heavy atom. The van der Waals surface area contributed by atoms with Crippen LogP contribution in [0.4, 0.5) is 4.79 Å². The number of carbonyl (C=O) groups excluding carboxylic acids is 1. The Bertz CT molecular complexity index is 509. The summed E-state index contributed by atoms with van der Waals surface area (Å²) < 4.78 is 11.3. The maximum atomic E-state index is 11.2. The minimum Gasteiger partial charge on any atom is -0.449 e. The first-order chi connectivity index (χ1) is 15.1. The van der Waals surface area contributed by atoms with E-state index in [9.17, 15) is 4.79 Å².